The number of nitrogens with one attached hydrogen (secondary N) is 1. The van der Waals surface area contributed by atoms with Crippen LogP contribution in [0.1, 0.15) is 19.3 Å². The van der Waals surface area contributed by atoms with Gasteiger partial charge in [0, 0.05) is 13.1 Å². The Bertz CT molecular complexity index is 331. The average Bonchev–Trinajstić information content (AvgIpc) is 2.70. The maximum atomic E-state index is 9.59. The molecule has 16 heavy (non-hydrogen) atoms. The van der Waals surface area contributed by atoms with Gasteiger partial charge in [-0.05, 0) is 25.2 Å². The maximum absolute atomic E-state index is 9.59. The zero-order valence-electron chi connectivity index (χ0n) is 9.52. The lowest BCUT2D eigenvalue weighted by molar-refractivity contribution is 0.187. The molecule has 2 atom stereocenters. The molecule has 2 aliphatic heterocycles. The number of allylic oxidation sites excluding steroid dienone is 1. The number of aliphatic hydroxyl groups excluding tert-OH is 1. The van der Waals surface area contributed by atoms with E-state index in [9.17, 15) is 5.11 Å². The summed E-state index contributed by atoms with van der Waals surface area (Å²) in [6.07, 6.45) is 3.02. The zero-order chi connectivity index (χ0) is 11.1. The minimum Gasteiger partial charge on any atom is -0.391 e. The monoisotopic (exact) mass is 221 g/mol. The van der Waals surface area contributed by atoms with Crippen LogP contribution in [-0.4, -0.2) is 47.7 Å². The SMILES string of the molecule is C=C1CC(CNC2=NCC3CC(O)CN23)C1. The topological polar surface area (TPSA) is 47.9 Å². The Labute approximate surface area is 96.0 Å². The van der Waals surface area contributed by atoms with Gasteiger partial charge in [0.1, 0.15) is 0 Å². The number of fused-ring (bicyclic) bond motifs is 1. The van der Waals surface area contributed by atoms with E-state index in [1.807, 2.05) is 0 Å². The van der Waals surface area contributed by atoms with E-state index in [0.29, 0.717) is 6.04 Å². The quantitative estimate of drug-likeness (QED) is 0.661. The number of hydrogen-bond donors (Lipinski definition) is 2. The van der Waals surface area contributed by atoms with E-state index >= 15 is 0 Å². The summed E-state index contributed by atoms with van der Waals surface area (Å²) in [7, 11) is 0. The Kier molecular flexibility index (Phi) is 2.39. The molecule has 2 N–H and O–H groups in total. The smallest absolute Gasteiger partial charge is 0.194 e. The lowest BCUT2D eigenvalue weighted by Gasteiger charge is -2.30. The van der Waals surface area contributed by atoms with E-state index in [0.717, 1.165) is 50.8 Å². The van der Waals surface area contributed by atoms with Gasteiger partial charge in [-0.25, -0.2) is 0 Å². The van der Waals surface area contributed by atoms with Crippen molar-refractivity contribution in [2.75, 3.05) is 19.6 Å². The Morgan fingerprint density at radius 1 is 1.50 bits per heavy atom. The summed E-state index contributed by atoms with van der Waals surface area (Å²) in [5, 5.41) is 13.0. The Hall–Kier alpha value is -1.03. The molecule has 0 bridgehead atoms. The predicted molar refractivity (Wildman–Crippen MR) is 63.3 cm³/mol. The van der Waals surface area contributed by atoms with Gasteiger partial charge in [-0.2, -0.15) is 0 Å². The average molecular weight is 221 g/mol. The first-order valence-corrected chi connectivity index (χ1v) is 6.12. The molecule has 0 aromatic rings. The number of guanidine groups is 1. The third kappa shape index (κ3) is 1.71. The van der Waals surface area contributed by atoms with Crippen LogP contribution in [0.15, 0.2) is 17.1 Å². The maximum Gasteiger partial charge on any atom is 0.194 e. The first-order valence-electron chi connectivity index (χ1n) is 6.12. The van der Waals surface area contributed by atoms with Crippen LogP contribution >= 0.6 is 0 Å². The molecule has 0 aromatic heterocycles. The fourth-order valence-corrected chi connectivity index (χ4v) is 2.90. The van der Waals surface area contributed by atoms with Crippen LogP contribution < -0.4 is 5.32 Å². The minimum absolute atomic E-state index is 0.166. The normalized spacial score (nSPS) is 33.7. The summed E-state index contributed by atoms with van der Waals surface area (Å²) in [6, 6.07) is 0.439. The molecule has 2 fully saturated rings. The van der Waals surface area contributed by atoms with Crippen LogP contribution in [0.2, 0.25) is 0 Å². The molecule has 3 aliphatic rings. The Morgan fingerprint density at radius 3 is 3.06 bits per heavy atom. The van der Waals surface area contributed by atoms with Crippen LogP contribution in [0.25, 0.3) is 0 Å². The fraction of sp³-hybridized carbons (Fsp3) is 0.750. The number of nitrogens with zero attached hydrogens (tertiary/aromatic N) is 2. The standard InChI is InChI=1S/C12H19N3O/c1-8-2-9(3-8)5-13-12-14-6-10-4-11(16)7-15(10)12/h9-11,16H,1-7H2,(H,13,14). The largest absolute Gasteiger partial charge is 0.391 e. The number of aliphatic hydroxyl groups is 1. The molecule has 1 aliphatic carbocycles. The van der Waals surface area contributed by atoms with Gasteiger partial charge < -0.3 is 15.3 Å². The van der Waals surface area contributed by atoms with Gasteiger partial charge in [0.05, 0.1) is 18.7 Å². The van der Waals surface area contributed by atoms with Crippen LogP contribution in [0.5, 0.6) is 0 Å². The second-order valence-corrected chi connectivity index (χ2v) is 5.27. The molecule has 0 aromatic carbocycles. The summed E-state index contributed by atoms with van der Waals surface area (Å²) < 4.78 is 0. The van der Waals surface area contributed by atoms with Crippen molar-refractivity contribution in [2.24, 2.45) is 10.9 Å². The van der Waals surface area contributed by atoms with Gasteiger partial charge >= 0.3 is 0 Å². The highest BCUT2D eigenvalue weighted by molar-refractivity contribution is 5.82. The van der Waals surface area contributed by atoms with Crippen LogP contribution in [0, 0.1) is 5.92 Å². The van der Waals surface area contributed by atoms with Crippen molar-refractivity contribution < 1.29 is 5.11 Å². The second-order valence-electron chi connectivity index (χ2n) is 5.27. The molecule has 1 saturated carbocycles. The number of hydrogen-bond acceptors (Lipinski definition) is 4. The van der Waals surface area contributed by atoms with E-state index in [-0.39, 0.29) is 6.10 Å². The van der Waals surface area contributed by atoms with Crippen molar-refractivity contribution in [3.63, 3.8) is 0 Å². The van der Waals surface area contributed by atoms with Crippen molar-refractivity contribution in [1.82, 2.24) is 10.2 Å². The summed E-state index contributed by atoms with van der Waals surface area (Å²) in [6.45, 7) is 6.54. The first-order chi connectivity index (χ1) is 7.72. The van der Waals surface area contributed by atoms with E-state index in [4.69, 9.17) is 0 Å². The molecule has 1 saturated heterocycles. The highest BCUT2D eigenvalue weighted by Gasteiger charge is 2.36. The number of rotatable bonds is 2. The summed E-state index contributed by atoms with van der Waals surface area (Å²) >= 11 is 0. The molecule has 0 radical (unpaired) electrons. The first kappa shape index (κ1) is 10.1. The molecule has 0 amide bonds. The van der Waals surface area contributed by atoms with Crippen molar-refractivity contribution in [1.29, 1.82) is 0 Å². The molecule has 0 spiro atoms. The molecule has 3 rings (SSSR count). The fourth-order valence-electron chi connectivity index (χ4n) is 2.90. The van der Waals surface area contributed by atoms with Crippen molar-refractivity contribution in [2.45, 2.75) is 31.4 Å². The van der Waals surface area contributed by atoms with Gasteiger partial charge in [-0.1, -0.05) is 12.2 Å². The highest BCUT2D eigenvalue weighted by Crippen LogP contribution is 2.30. The van der Waals surface area contributed by atoms with Crippen molar-refractivity contribution in [3.05, 3.63) is 12.2 Å². The van der Waals surface area contributed by atoms with Crippen molar-refractivity contribution >= 4 is 5.96 Å². The van der Waals surface area contributed by atoms with Gasteiger partial charge in [-0.15, -0.1) is 0 Å². The molecular weight excluding hydrogens is 202 g/mol. The minimum atomic E-state index is -0.166. The van der Waals surface area contributed by atoms with Gasteiger partial charge in [0.25, 0.3) is 0 Å². The molecule has 4 heteroatoms. The summed E-state index contributed by atoms with van der Waals surface area (Å²) in [5.41, 5.74) is 1.37. The Balaban J connectivity index is 1.50. The molecular formula is C12H19N3O. The lowest BCUT2D eigenvalue weighted by Crippen LogP contribution is -2.43. The second kappa shape index (κ2) is 3.77. The zero-order valence-corrected chi connectivity index (χ0v) is 9.52. The van der Waals surface area contributed by atoms with E-state index in [1.54, 1.807) is 0 Å². The van der Waals surface area contributed by atoms with Crippen molar-refractivity contribution in [3.8, 4) is 0 Å². The van der Waals surface area contributed by atoms with Gasteiger partial charge in [0.15, 0.2) is 5.96 Å². The summed E-state index contributed by atoms with van der Waals surface area (Å²) in [5.74, 6) is 1.74. The summed E-state index contributed by atoms with van der Waals surface area (Å²) in [4.78, 5) is 6.72. The third-order valence-corrected chi connectivity index (χ3v) is 3.82. The van der Waals surface area contributed by atoms with Gasteiger partial charge in [-0.3, -0.25) is 4.99 Å². The van der Waals surface area contributed by atoms with E-state index in [2.05, 4.69) is 21.8 Å². The Morgan fingerprint density at radius 2 is 2.31 bits per heavy atom. The highest BCUT2D eigenvalue weighted by atomic mass is 16.3. The van der Waals surface area contributed by atoms with E-state index < -0.39 is 0 Å². The van der Waals surface area contributed by atoms with Crippen LogP contribution in [0.4, 0.5) is 0 Å². The molecule has 88 valence electrons. The molecule has 2 heterocycles. The van der Waals surface area contributed by atoms with Crippen LogP contribution in [-0.2, 0) is 0 Å². The lowest BCUT2D eigenvalue weighted by atomic mass is 9.81. The molecule has 4 nitrogen and oxygen atoms in total. The number of aliphatic imine (C=N–C) groups is 1. The van der Waals surface area contributed by atoms with Crippen LogP contribution in [0.3, 0.4) is 0 Å². The van der Waals surface area contributed by atoms with E-state index in [1.165, 1.54) is 5.57 Å². The molecule has 2 unspecified atom stereocenters. The predicted octanol–water partition coefficient (Wildman–Crippen LogP) is 0.347. The third-order valence-electron chi connectivity index (χ3n) is 3.82. The van der Waals surface area contributed by atoms with Gasteiger partial charge in [0.2, 0.25) is 0 Å².